The number of hydrogen-bond acceptors (Lipinski definition) is 5. The van der Waals surface area contributed by atoms with Gasteiger partial charge in [-0.1, -0.05) is 0 Å². The molecule has 2 heterocycles. The summed E-state index contributed by atoms with van der Waals surface area (Å²) in [5.41, 5.74) is 5.27. The third-order valence-electron chi connectivity index (χ3n) is 2.41. The lowest BCUT2D eigenvalue weighted by molar-refractivity contribution is -0.139. The zero-order chi connectivity index (χ0) is 11.7. The Labute approximate surface area is 90.4 Å². The molecule has 0 radical (unpaired) electrons. The number of hydrogen-bond donors (Lipinski definition) is 3. The van der Waals surface area contributed by atoms with E-state index in [1.807, 2.05) is 0 Å². The first kappa shape index (κ1) is 10.4. The minimum absolute atomic E-state index is 0.0194. The molecule has 0 bridgehead atoms. The number of aromatic amines is 1. The van der Waals surface area contributed by atoms with E-state index < -0.39 is 5.97 Å². The van der Waals surface area contributed by atoms with Crippen molar-refractivity contribution in [1.82, 2.24) is 20.1 Å². The van der Waals surface area contributed by atoms with E-state index in [1.54, 1.807) is 0 Å². The summed E-state index contributed by atoms with van der Waals surface area (Å²) in [4.78, 5) is 27.3. The molecule has 1 amide bonds. The van der Waals surface area contributed by atoms with E-state index in [-0.39, 0.29) is 30.0 Å². The standard InChI is InChI=1S/C8H11N5O3/c9-8-10-6(11-12-8)7(16)13-2-4(3-13)1-5(14)15/h4H,1-3H2,(H,14,15)(H3,9,10,11,12). The summed E-state index contributed by atoms with van der Waals surface area (Å²) in [5, 5.41) is 14.5. The number of nitrogen functional groups attached to an aromatic ring is 1. The first-order valence-electron chi connectivity index (χ1n) is 4.75. The van der Waals surface area contributed by atoms with Crippen molar-refractivity contribution in [3.63, 3.8) is 0 Å². The summed E-state index contributed by atoms with van der Waals surface area (Å²) in [6.45, 7) is 0.872. The molecule has 0 spiro atoms. The van der Waals surface area contributed by atoms with Crippen LogP contribution in [-0.2, 0) is 4.79 Å². The van der Waals surface area contributed by atoms with Crippen molar-refractivity contribution in [2.75, 3.05) is 18.8 Å². The van der Waals surface area contributed by atoms with E-state index >= 15 is 0 Å². The molecule has 0 aliphatic carbocycles. The van der Waals surface area contributed by atoms with Crippen molar-refractivity contribution in [1.29, 1.82) is 0 Å². The lowest BCUT2D eigenvalue weighted by Gasteiger charge is -2.37. The molecule has 1 fully saturated rings. The molecule has 0 unspecified atom stereocenters. The van der Waals surface area contributed by atoms with Crippen LogP contribution in [0.15, 0.2) is 0 Å². The van der Waals surface area contributed by atoms with Gasteiger partial charge in [0, 0.05) is 19.0 Å². The van der Waals surface area contributed by atoms with Crippen LogP contribution in [0.3, 0.4) is 0 Å². The van der Waals surface area contributed by atoms with Crippen molar-refractivity contribution < 1.29 is 14.7 Å². The van der Waals surface area contributed by atoms with Crippen molar-refractivity contribution in [3.05, 3.63) is 5.82 Å². The topological polar surface area (TPSA) is 125 Å². The van der Waals surface area contributed by atoms with Crippen molar-refractivity contribution >= 4 is 17.8 Å². The number of carbonyl (C=O) groups is 2. The fourth-order valence-electron chi connectivity index (χ4n) is 1.63. The predicted octanol–water partition coefficient (Wildman–Crippen LogP) is -1.07. The van der Waals surface area contributed by atoms with E-state index in [0.717, 1.165) is 0 Å². The number of carboxylic acids is 1. The average molecular weight is 225 g/mol. The number of aliphatic carboxylic acids is 1. The van der Waals surface area contributed by atoms with Crippen LogP contribution >= 0.6 is 0 Å². The number of anilines is 1. The van der Waals surface area contributed by atoms with Gasteiger partial charge in [-0.25, -0.2) is 0 Å². The summed E-state index contributed by atoms with van der Waals surface area (Å²) in [5.74, 6) is -1.01. The second-order valence-corrected chi connectivity index (χ2v) is 3.72. The van der Waals surface area contributed by atoms with Gasteiger partial charge in [-0.05, 0) is 0 Å². The van der Waals surface area contributed by atoms with Crippen LogP contribution in [0.1, 0.15) is 17.0 Å². The van der Waals surface area contributed by atoms with E-state index in [1.165, 1.54) is 4.90 Å². The fraction of sp³-hybridized carbons (Fsp3) is 0.500. The molecule has 4 N–H and O–H groups in total. The van der Waals surface area contributed by atoms with Gasteiger partial charge in [-0.2, -0.15) is 4.98 Å². The second kappa shape index (κ2) is 3.80. The largest absolute Gasteiger partial charge is 0.481 e. The third-order valence-corrected chi connectivity index (χ3v) is 2.41. The zero-order valence-electron chi connectivity index (χ0n) is 8.38. The fourth-order valence-corrected chi connectivity index (χ4v) is 1.63. The molecule has 1 aliphatic heterocycles. The highest BCUT2D eigenvalue weighted by Crippen LogP contribution is 2.20. The summed E-state index contributed by atoms with van der Waals surface area (Å²) >= 11 is 0. The van der Waals surface area contributed by atoms with E-state index in [4.69, 9.17) is 10.8 Å². The summed E-state index contributed by atoms with van der Waals surface area (Å²) < 4.78 is 0. The third kappa shape index (κ3) is 1.95. The maximum Gasteiger partial charge on any atom is 0.303 e. The molecule has 16 heavy (non-hydrogen) atoms. The number of carboxylic acid groups (broad SMARTS) is 1. The molecule has 1 aromatic rings. The normalized spacial score (nSPS) is 15.9. The highest BCUT2D eigenvalue weighted by atomic mass is 16.4. The van der Waals surface area contributed by atoms with Crippen LogP contribution in [-0.4, -0.2) is 50.2 Å². The molecule has 1 saturated heterocycles. The van der Waals surface area contributed by atoms with Crippen molar-refractivity contribution in [2.24, 2.45) is 5.92 Å². The zero-order valence-corrected chi connectivity index (χ0v) is 8.38. The predicted molar refractivity (Wildman–Crippen MR) is 52.4 cm³/mol. The molecule has 1 aromatic heterocycles. The number of aromatic nitrogens is 3. The Balaban J connectivity index is 1.88. The first-order chi connectivity index (χ1) is 7.56. The second-order valence-electron chi connectivity index (χ2n) is 3.72. The van der Waals surface area contributed by atoms with Crippen LogP contribution in [0.2, 0.25) is 0 Å². The smallest absolute Gasteiger partial charge is 0.303 e. The van der Waals surface area contributed by atoms with E-state index in [2.05, 4.69) is 15.2 Å². The minimum atomic E-state index is -0.846. The van der Waals surface area contributed by atoms with Crippen molar-refractivity contribution in [2.45, 2.75) is 6.42 Å². The van der Waals surface area contributed by atoms with Crippen LogP contribution in [0.5, 0.6) is 0 Å². The highest BCUT2D eigenvalue weighted by molar-refractivity contribution is 5.91. The van der Waals surface area contributed by atoms with Gasteiger partial charge in [0.25, 0.3) is 5.91 Å². The number of likely N-dealkylation sites (tertiary alicyclic amines) is 1. The van der Waals surface area contributed by atoms with Gasteiger partial charge in [0.15, 0.2) is 0 Å². The molecule has 8 nitrogen and oxygen atoms in total. The number of amides is 1. The van der Waals surface area contributed by atoms with Crippen LogP contribution < -0.4 is 5.73 Å². The molecular weight excluding hydrogens is 214 g/mol. The minimum Gasteiger partial charge on any atom is -0.481 e. The Bertz CT molecular complexity index is 423. The lowest BCUT2D eigenvalue weighted by atomic mass is 9.96. The maximum atomic E-state index is 11.7. The van der Waals surface area contributed by atoms with Crippen LogP contribution in [0, 0.1) is 5.92 Å². The monoisotopic (exact) mass is 225 g/mol. The van der Waals surface area contributed by atoms with Gasteiger partial charge in [0.05, 0.1) is 6.42 Å². The number of nitrogens with zero attached hydrogens (tertiary/aromatic N) is 3. The van der Waals surface area contributed by atoms with Crippen molar-refractivity contribution in [3.8, 4) is 0 Å². The van der Waals surface area contributed by atoms with Gasteiger partial charge < -0.3 is 15.7 Å². The highest BCUT2D eigenvalue weighted by Gasteiger charge is 2.33. The number of rotatable bonds is 3. The molecule has 8 heteroatoms. The Morgan fingerprint density at radius 1 is 1.56 bits per heavy atom. The van der Waals surface area contributed by atoms with Gasteiger partial charge in [0.1, 0.15) is 0 Å². The summed E-state index contributed by atoms with van der Waals surface area (Å²) in [6.07, 6.45) is 0.0856. The molecule has 2 rings (SSSR count). The maximum absolute atomic E-state index is 11.7. The molecular formula is C8H11N5O3. The van der Waals surface area contributed by atoms with Crippen LogP contribution in [0.4, 0.5) is 5.95 Å². The molecule has 0 aromatic carbocycles. The van der Waals surface area contributed by atoms with Gasteiger partial charge in [0.2, 0.25) is 11.8 Å². The Kier molecular flexibility index (Phi) is 2.47. The molecule has 1 aliphatic rings. The summed E-state index contributed by atoms with van der Waals surface area (Å²) in [7, 11) is 0. The van der Waals surface area contributed by atoms with Gasteiger partial charge in [-0.15, -0.1) is 5.10 Å². The van der Waals surface area contributed by atoms with Gasteiger partial charge in [-0.3, -0.25) is 14.7 Å². The van der Waals surface area contributed by atoms with E-state index in [9.17, 15) is 9.59 Å². The number of carbonyl (C=O) groups excluding carboxylic acids is 1. The lowest BCUT2D eigenvalue weighted by Crippen LogP contribution is -2.50. The molecule has 86 valence electrons. The summed E-state index contributed by atoms with van der Waals surface area (Å²) in [6, 6.07) is 0. The average Bonchev–Trinajstić information content (AvgIpc) is 2.56. The first-order valence-corrected chi connectivity index (χ1v) is 4.75. The SMILES string of the molecule is Nc1n[nH]c(C(=O)N2CC(CC(=O)O)C2)n1. The van der Waals surface area contributed by atoms with E-state index in [0.29, 0.717) is 13.1 Å². The quantitative estimate of drug-likeness (QED) is 0.601. The number of H-pyrrole nitrogens is 1. The number of nitrogens with one attached hydrogen (secondary N) is 1. The van der Waals surface area contributed by atoms with Crippen LogP contribution in [0.25, 0.3) is 0 Å². The number of nitrogens with two attached hydrogens (primary N) is 1. The van der Waals surface area contributed by atoms with Gasteiger partial charge >= 0.3 is 5.97 Å². The Hall–Kier alpha value is -2.12. The molecule has 0 saturated carbocycles. The molecule has 0 atom stereocenters. The Morgan fingerprint density at radius 3 is 2.75 bits per heavy atom. The Morgan fingerprint density at radius 2 is 2.25 bits per heavy atom.